The summed E-state index contributed by atoms with van der Waals surface area (Å²) in [5.41, 5.74) is -0.291. The summed E-state index contributed by atoms with van der Waals surface area (Å²) < 4.78 is 7.42. The second kappa shape index (κ2) is 8.35. The van der Waals surface area contributed by atoms with E-state index in [1.807, 2.05) is 13.8 Å². The Morgan fingerprint density at radius 2 is 1.78 bits per heavy atom. The Morgan fingerprint density at radius 1 is 1.11 bits per heavy atom. The van der Waals surface area contributed by atoms with Gasteiger partial charge in [-0.2, -0.15) is 0 Å². The number of esters is 1. The number of rotatable bonds is 5. The molecule has 0 aliphatic rings. The third kappa shape index (κ3) is 4.84. The van der Waals surface area contributed by atoms with E-state index in [1.165, 1.54) is 30.8 Å². The van der Waals surface area contributed by atoms with E-state index in [-0.39, 0.29) is 23.9 Å². The molecular formula is C18H22N4O5. The molecule has 0 radical (unpaired) electrons. The maximum Gasteiger partial charge on any atom is 0.340 e. The molecule has 0 spiro atoms. The van der Waals surface area contributed by atoms with Crippen LogP contribution >= 0.6 is 0 Å². The van der Waals surface area contributed by atoms with Crippen LogP contribution in [0.4, 0.5) is 10.5 Å². The molecule has 2 N–H and O–H groups in total. The molecule has 0 saturated heterocycles. The van der Waals surface area contributed by atoms with Crippen molar-refractivity contribution in [3.05, 3.63) is 62.4 Å². The number of amides is 2. The van der Waals surface area contributed by atoms with Crippen molar-refractivity contribution in [2.45, 2.75) is 26.5 Å². The molecule has 9 heteroatoms. The Kier molecular flexibility index (Phi) is 6.17. The largest absolute Gasteiger partial charge is 0.456 e. The highest BCUT2D eigenvalue weighted by atomic mass is 16.5. The van der Waals surface area contributed by atoms with Crippen LogP contribution in [0.1, 0.15) is 29.9 Å². The van der Waals surface area contributed by atoms with E-state index in [4.69, 9.17) is 4.74 Å². The van der Waals surface area contributed by atoms with Gasteiger partial charge in [0, 0.05) is 26.2 Å². The molecule has 0 aliphatic carbocycles. The standard InChI is InChI=1S/C18H22N4O5/c1-11(2)19-17(25)20-14-8-6-5-7-13(14)16(24)27-10-12-9-15(23)22(4)18(26)21(12)3/h5-9,11H,10H2,1-4H3,(H2,19,20,25). The van der Waals surface area contributed by atoms with Crippen LogP contribution in [0, 0.1) is 0 Å². The number of para-hydroxylation sites is 1. The fourth-order valence-electron chi connectivity index (χ4n) is 2.32. The average molecular weight is 374 g/mol. The first-order valence-electron chi connectivity index (χ1n) is 8.30. The minimum Gasteiger partial charge on any atom is -0.456 e. The second-order valence-corrected chi connectivity index (χ2v) is 6.25. The Morgan fingerprint density at radius 3 is 2.44 bits per heavy atom. The van der Waals surface area contributed by atoms with Gasteiger partial charge in [0.15, 0.2) is 0 Å². The minimum absolute atomic E-state index is 0.0638. The van der Waals surface area contributed by atoms with Crippen molar-refractivity contribution in [1.29, 1.82) is 0 Å². The highest BCUT2D eigenvalue weighted by Crippen LogP contribution is 2.16. The molecule has 1 heterocycles. The fraction of sp³-hybridized carbons (Fsp3) is 0.333. The van der Waals surface area contributed by atoms with Crippen molar-refractivity contribution in [2.75, 3.05) is 5.32 Å². The van der Waals surface area contributed by atoms with E-state index in [0.29, 0.717) is 5.69 Å². The van der Waals surface area contributed by atoms with E-state index in [0.717, 1.165) is 4.57 Å². The molecule has 27 heavy (non-hydrogen) atoms. The lowest BCUT2D eigenvalue weighted by molar-refractivity contribution is 0.0464. The van der Waals surface area contributed by atoms with Gasteiger partial charge in [-0.15, -0.1) is 0 Å². The molecule has 2 amide bonds. The van der Waals surface area contributed by atoms with Crippen molar-refractivity contribution in [3.63, 3.8) is 0 Å². The van der Waals surface area contributed by atoms with Gasteiger partial charge in [0.25, 0.3) is 5.56 Å². The molecule has 0 atom stereocenters. The van der Waals surface area contributed by atoms with Crippen LogP contribution in [0.2, 0.25) is 0 Å². The van der Waals surface area contributed by atoms with Gasteiger partial charge in [-0.25, -0.2) is 14.4 Å². The van der Waals surface area contributed by atoms with Crippen molar-refractivity contribution in [3.8, 4) is 0 Å². The Balaban J connectivity index is 2.17. The van der Waals surface area contributed by atoms with Gasteiger partial charge in [0.05, 0.1) is 16.9 Å². The predicted octanol–water partition coefficient (Wildman–Crippen LogP) is 0.971. The monoisotopic (exact) mass is 374 g/mol. The van der Waals surface area contributed by atoms with E-state index in [9.17, 15) is 19.2 Å². The molecule has 0 saturated carbocycles. The summed E-state index contributed by atoms with van der Waals surface area (Å²) in [7, 11) is 2.85. The number of nitrogens with one attached hydrogen (secondary N) is 2. The normalized spacial score (nSPS) is 10.6. The zero-order chi connectivity index (χ0) is 20.1. The van der Waals surface area contributed by atoms with E-state index in [1.54, 1.807) is 18.2 Å². The van der Waals surface area contributed by atoms with Crippen LogP contribution in [0.5, 0.6) is 0 Å². The number of hydrogen-bond acceptors (Lipinski definition) is 5. The second-order valence-electron chi connectivity index (χ2n) is 6.25. The number of carbonyl (C=O) groups excluding carboxylic acids is 2. The lowest BCUT2D eigenvalue weighted by atomic mass is 10.2. The van der Waals surface area contributed by atoms with Gasteiger partial charge < -0.3 is 15.4 Å². The first-order chi connectivity index (χ1) is 12.7. The van der Waals surface area contributed by atoms with Gasteiger partial charge in [-0.1, -0.05) is 12.1 Å². The first-order valence-corrected chi connectivity index (χ1v) is 8.30. The van der Waals surface area contributed by atoms with Crippen molar-refractivity contribution in [2.24, 2.45) is 14.1 Å². The average Bonchev–Trinajstić information content (AvgIpc) is 2.61. The van der Waals surface area contributed by atoms with Crippen LogP contribution < -0.4 is 21.9 Å². The summed E-state index contributed by atoms with van der Waals surface area (Å²) in [5.74, 6) is -0.691. The molecule has 2 aromatic rings. The van der Waals surface area contributed by atoms with E-state index < -0.39 is 23.2 Å². The summed E-state index contributed by atoms with van der Waals surface area (Å²) >= 11 is 0. The predicted molar refractivity (Wildman–Crippen MR) is 99.8 cm³/mol. The first kappa shape index (κ1) is 20.0. The van der Waals surface area contributed by atoms with Gasteiger partial charge in [0.1, 0.15) is 6.61 Å². The summed E-state index contributed by atoms with van der Waals surface area (Å²) in [4.78, 5) is 48.0. The number of hydrogen-bond donors (Lipinski definition) is 2. The number of ether oxygens (including phenoxy) is 1. The number of urea groups is 1. The van der Waals surface area contributed by atoms with Crippen molar-refractivity contribution in [1.82, 2.24) is 14.5 Å². The Bertz CT molecular complexity index is 974. The molecule has 2 rings (SSSR count). The highest BCUT2D eigenvalue weighted by Gasteiger charge is 2.16. The van der Waals surface area contributed by atoms with Crippen LogP contribution in [0.3, 0.4) is 0 Å². The van der Waals surface area contributed by atoms with Gasteiger partial charge in [-0.05, 0) is 26.0 Å². The number of benzene rings is 1. The molecule has 0 aliphatic heterocycles. The summed E-state index contributed by atoms with van der Waals surface area (Å²) in [6.45, 7) is 3.37. The fourth-order valence-corrected chi connectivity index (χ4v) is 2.32. The molecular weight excluding hydrogens is 352 g/mol. The molecule has 0 bridgehead atoms. The van der Waals surface area contributed by atoms with Crippen molar-refractivity contribution >= 4 is 17.7 Å². The van der Waals surface area contributed by atoms with Crippen LogP contribution in [0.15, 0.2) is 39.9 Å². The lowest BCUT2D eigenvalue weighted by Gasteiger charge is -2.14. The van der Waals surface area contributed by atoms with Gasteiger partial charge in [0.2, 0.25) is 0 Å². The molecule has 0 fully saturated rings. The highest BCUT2D eigenvalue weighted by molar-refractivity contribution is 6.00. The zero-order valence-corrected chi connectivity index (χ0v) is 15.6. The summed E-state index contributed by atoms with van der Waals surface area (Å²) in [6.07, 6.45) is 0. The Hall–Kier alpha value is -3.36. The minimum atomic E-state index is -0.691. The summed E-state index contributed by atoms with van der Waals surface area (Å²) in [6, 6.07) is 7.11. The number of aromatic nitrogens is 2. The summed E-state index contributed by atoms with van der Waals surface area (Å²) in [5, 5.41) is 5.26. The SMILES string of the molecule is CC(C)NC(=O)Nc1ccccc1C(=O)OCc1cc(=O)n(C)c(=O)n1C. The van der Waals surface area contributed by atoms with Gasteiger partial charge >= 0.3 is 17.7 Å². The molecule has 1 aromatic carbocycles. The lowest BCUT2D eigenvalue weighted by Crippen LogP contribution is -2.38. The van der Waals surface area contributed by atoms with Crippen LogP contribution in [-0.2, 0) is 25.4 Å². The third-order valence-electron chi connectivity index (χ3n) is 3.79. The molecule has 0 unspecified atom stereocenters. The number of anilines is 1. The quantitative estimate of drug-likeness (QED) is 0.758. The Labute approximate surface area is 155 Å². The third-order valence-corrected chi connectivity index (χ3v) is 3.79. The van der Waals surface area contributed by atoms with E-state index >= 15 is 0 Å². The van der Waals surface area contributed by atoms with E-state index in [2.05, 4.69) is 10.6 Å². The molecule has 144 valence electrons. The molecule has 9 nitrogen and oxygen atoms in total. The molecule has 1 aromatic heterocycles. The number of nitrogens with zero attached hydrogens (tertiary/aromatic N) is 2. The van der Waals surface area contributed by atoms with Crippen molar-refractivity contribution < 1.29 is 14.3 Å². The number of carbonyl (C=O) groups is 2. The maximum absolute atomic E-state index is 12.4. The smallest absolute Gasteiger partial charge is 0.340 e. The van der Waals surface area contributed by atoms with Crippen LogP contribution in [-0.4, -0.2) is 27.2 Å². The zero-order valence-electron chi connectivity index (χ0n) is 15.6. The van der Waals surface area contributed by atoms with Crippen LogP contribution in [0.25, 0.3) is 0 Å². The topological polar surface area (TPSA) is 111 Å². The van der Waals surface area contributed by atoms with Gasteiger partial charge in [-0.3, -0.25) is 13.9 Å². The maximum atomic E-state index is 12.4.